The number of benzene rings is 1. The Bertz CT molecular complexity index is 476. The number of carbonyl (C=O) groups excluding carboxylic acids is 1. The van der Waals surface area contributed by atoms with E-state index in [1.54, 1.807) is 12.1 Å². The highest BCUT2D eigenvalue weighted by atomic mass is 19.1. The largest absolute Gasteiger partial charge is 0.301 e. The predicted molar refractivity (Wildman–Crippen MR) is 81.0 cm³/mol. The molecule has 2 fully saturated rings. The van der Waals surface area contributed by atoms with Crippen LogP contribution in [0.4, 0.5) is 4.39 Å². The Morgan fingerprint density at radius 2 is 1.67 bits per heavy atom. The van der Waals surface area contributed by atoms with Crippen molar-refractivity contribution < 1.29 is 9.18 Å². The maximum Gasteiger partial charge on any atom is 0.164 e. The molecule has 114 valence electrons. The quantitative estimate of drug-likeness (QED) is 0.752. The standard InChI is InChI=1S/C17H23FN2O/c18-16-5-3-15(4-6-16)17(21)7-8-19-9-11-20(12-10-19)13-14-1-2-14/h3-6,14H,1-2,7-13H2. The molecule has 0 bridgehead atoms. The van der Waals surface area contributed by atoms with Crippen LogP contribution in [-0.4, -0.2) is 54.9 Å². The van der Waals surface area contributed by atoms with E-state index in [0.29, 0.717) is 12.0 Å². The molecule has 0 aromatic heterocycles. The monoisotopic (exact) mass is 290 g/mol. The highest BCUT2D eigenvalue weighted by Crippen LogP contribution is 2.29. The third kappa shape index (κ3) is 4.35. The van der Waals surface area contributed by atoms with Gasteiger partial charge in [-0.1, -0.05) is 0 Å². The van der Waals surface area contributed by atoms with Crippen molar-refractivity contribution in [2.45, 2.75) is 19.3 Å². The fourth-order valence-electron chi connectivity index (χ4n) is 2.90. The van der Waals surface area contributed by atoms with E-state index in [-0.39, 0.29) is 11.6 Å². The van der Waals surface area contributed by atoms with E-state index in [2.05, 4.69) is 9.80 Å². The maximum atomic E-state index is 12.8. The van der Waals surface area contributed by atoms with E-state index in [1.165, 1.54) is 31.5 Å². The molecule has 4 heteroatoms. The summed E-state index contributed by atoms with van der Waals surface area (Å²) in [6, 6.07) is 5.85. The van der Waals surface area contributed by atoms with Crippen LogP contribution in [0.15, 0.2) is 24.3 Å². The number of piperazine rings is 1. The van der Waals surface area contributed by atoms with Gasteiger partial charge in [-0.3, -0.25) is 4.79 Å². The topological polar surface area (TPSA) is 23.6 Å². The Morgan fingerprint density at radius 1 is 1.05 bits per heavy atom. The van der Waals surface area contributed by atoms with Gasteiger partial charge >= 0.3 is 0 Å². The number of Topliss-reactive ketones (excluding diaryl/α,β-unsaturated/α-hetero) is 1. The first-order valence-electron chi connectivity index (χ1n) is 7.94. The predicted octanol–water partition coefficient (Wildman–Crippen LogP) is 2.43. The summed E-state index contributed by atoms with van der Waals surface area (Å²) < 4.78 is 12.8. The Morgan fingerprint density at radius 3 is 2.29 bits per heavy atom. The molecular weight excluding hydrogens is 267 g/mol. The van der Waals surface area contributed by atoms with Gasteiger partial charge in [-0.25, -0.2) is 4.39 Å². The Balaban J connectivity index is 1.39. The first kappa shape index (κ1) is 14.7. The highest BCUT2D eigenvalue weighted by molar-refractivity contribution is 5.96. The van der Waals surface area contributed by atoms with Gasteiger partial charge in [0.15, 0.2) is 5.78 Å². The van der Waals surface area contributed by atoms with E-state index in [1.807, 2.05) is 0 Å². The molecule has 1 aliphatic heterocycles. The zero-order valence-electron chi connectivity index (χ0n) is 12.4. The molecule has 2 aliphatic rings. The summed E-state index contributed by atoms with van der Waals surface area (Å²) in [6.07, 6.45) is 3.34. The number of carbonyl (C=O) groups is 1. The van der Waals surface area contributed by atoms with Crippen LogP contribution < -0.4 is 0 Å². The van der Waals surface area contributed by atoms with Crippen LogP contribution in [0.25, 0.3) is 0 Å². The first-order chi connectivity index (χ1) is 10.2. The number of hydrogen-bond donors (Lipinski definition) is 0. The fraction of sp³-hybridized carbons (Fsp3) is 0.588. The molecule has 21 heavy (non-hydrogen) atoms. The molecule has 0 N–H and O–H groups in total. The second-order valence-electron chi connectivity index (χ2n) is 6.27. The van der Waals surface area contributed by atoms with Gasteiger partial charge in [-0.15, -0.1) is 0 Å². The van der Waals surface area contributed by atoms with Gasteiger partial charge in [0.1, 0.15) is 5.82 Å². The van der Waals surface area contributed by atoms with Gasteiger partial charge < -0.3 is 9.80 Å². The molecule has 0 spiro atoms. The number of rotatable bonds is 6. The zero-order chi connectivity index (χ0) is 14.7. The normalized spacial score (nSPS) is 20.6. The lowest BCUT2D eigenvalue weighted by Crippen LogP contribution is -2.47. The maximum absolute atomic E-state index is 12.8. The van der Waals surface area contributed by atoms with Crippen LogP contribution in [0.2, 0.25) is 0 Å². The van der Waals surface area contributed by atoms with Crippen molar-refractivity contribution in [3.63, 3.8) is 0 Å². The number of nitrogens with zero attached hydrogens (tertiary/aromatic N) is 2. The molecule has 1 saturated heterocycles. The average Bonchev–Trinajstić information content (AvgIpc) is 3.31. The van der Waals surface area contributed by atoms with Gasteiger partial charge in [-0.2, -0.15) is 0 Å². The lowest BCUT2D eigenvalue weighted by atomic mass is 10.1. The van der Waals surface area contributed by atoms with E-state index < -0.39 is 0 Å². The Kier molecular flexibility index (Phi) is 4.66. The highest BCUT2D eigenvalue weighted by Gasteiger charge is 2.26. The molecule has 0 unspecified atom stereocenters. The van der Waals surface area contributed by atoms with Gasteiger partial charge in [0, 0.05) is 51.3 Å². The third-order valence-electron chi connectivity index (χ3n) is 4.50. The minimum Gasteiger partial charge on any atom is -0.301 e. The van der Waals surface area contributed by atoms with Crippen LogP contribution in [0.3, 0.4) is 0 Å². The lowest BCUT2D eigenvalue weighted by molar-refractivity contribution is 0.0924. The van der Waals surface area contributed by atoms with Crippen molar-refractivity contribution >= 4 is 5.78 Å². The third-order valence-corrected chi connectivity index (χ3v) is 4.50. The van der Waals surface area contributed by atoms with E-state index in [0.717, 1.165) is 38.6 Å². The minimum atomic E-state index is -0.293. The van der Waals surface area contributed by atoms with Crippen molar-refractivity contribution in [2.24, 2.45) is 5.92 Å². The number of hydrogen-bond acceptors (Lipinski definition) is 3. The van der Waals surface area contributed by atoms with E-state index in [4.69, 9.17) is 0 Å². The summed E-state index contributed by atoms with van der Waals surface area (Å²) in [5.74, 6) is 0.769. The second-order valence-corrected chi connectivity index (χ2v) is 6.27. The van der Waals surface area contributed by atoms with Gasteiger partial charge in [0.25, 0.3) is 0 Å². The molecular formula is C17H23FN2O. The Labute approximate surface area is 125 Å². The summed E-state index contributed by atoms with van der Waals surface area (Å²) in [7, 11) is 0. The van der Waals surface area contributed by atoms with E-state index in [9.17, 15) is 9.18 Å². The van der Waals surface area contributed by atoms with E-state index >= 15 is 0 Å². The molecule has 1 heterocycles. The molecule has 1 aromatic rings. The molecule has 0 radical (unpaired) electrons. The van der Waals surface area contributed by atoms with Gasteiger partial charge in [-0.05, 0) is 43.0 Å². The number of halogens is 1. The molecule has 0 atom stereocenters. The van der Waals surface area contributed by atoms with Crippen LogP contribution >= 0.6 is 0 Å². The molecule has 1 aliphatic carbocycles. The van der Waals surface area contributed by atoms with Crippen LogP contribution in [0.5, 0.6) is 0 Å². The summed E-state index contributed by atoms with van der Waals surface area (Å²) in [5, 5.41) is 0. The Hall–Kier alpha value is -1.26. The summed E-state index contributed by atoms with van der Waals surface area (Å²) in [6.45, 7) is 6.45. The summed E-state index contributed by atoms with van der Waals surface area (Å²) >= 11 is 0. The second kappa shape index (κ2) is 6.67. The number of ketones is 1. The first-order valence-corrected chi connectivity index (χ1v) is 7.94. The van der Waals surface area contributed by atoms with Crippen LogP contribution in [0.1, 0.15) is 29.6 Å². The summed E-state index contributed by atoms with van der Waals surface area (Å²) in [5.41, 5.74) is 0.615. The molecule has 3 rings (SSSR count). The van der Waals surface area contributed by atoms with Crippen molar-refractivity contribution in [3.8, 4) is 0 Å². The zero-order valence-corrected chi connectivity index (χ0v) is 12.4. The van der Waals surface area contributed by atoms with Gasteiger partial charge in [0.05, 0.1) is 0 Å². The van der Waals surface area contributed by atoms with Crippen LogP contribution in [-0.2, 0) is 0 Å². The fourth-order valence-corrected chi connectivity index (χ4v) is 2.90. The van der Waals surface area contributed by atoms with Crippen LogP contribution in [0, 0.1) is 11.7 Å². The lowest BCUT2D eigenvalue weighted by Gasteiger charge is -2.34. The molecule has 1 aromatic carbocycles. The molecule has 0 amide bonds. The van der Waals surface area contributed by atoms with Crippen molar-refractivity contribution in [3.05, 3.63) is 35.6 Å². The molecule has 3 nitrogen and oxygen atoms in total. The minimum absolute atomic E-state index is 0.107. The van der Waals surface area contributed by atoms with Gasteiger partial charge in [0.2, 0.25) is 0 Å². The van der Waals surface area contributed by atoms with Crippen molar-refractivity contribution in [1.82, 2.24) is 9.80 Å². The summed E-state index contributed by atoms with van der Waals surface area (Å²) in [4.78, 5) is 17.0. The smallest absolute Gasteiger partial charge is 0.164 e. The SMILES string of the molecule is O=C(CCN1CCN(CC2CC2)CC1)c1ccc(F)cc1. The van der Waals surface area contributed by atoms with Crippen molar-refractivity contribution in [2.75, 3.05) is 39.3 Å². The average molecular weight is 290 g/mol. The molecule has 1 saturated carbocycles. The van der Waals surface area contributed by atoms with Crippen molar-refractivity contribution in [1.29, 1.82) is 0 Å².